The number of aromatic amines is 1. The summed E-state index contributed by atoms with van der Waals surface area (Å²) in [6, 6.07) is 10.6. The molecule has 4 heterocycles. The van der Waals surface area contributed by atoms with E-state index in [-0.39, 0.29) is 24.1 Å². The minimum atomic E-state index is -0.625. The Bertz CT molecular complexity index is 1430. The summed E-state index contributed by atoms with van der Waals surface area (Å²) >= 11 is 1.40. The maximum atomic E-state index is 13.3. The summed E-state index contributed by atoms with van der Waals surface area (Å²) in [7, 11) is 0. The highest BCUT2D eigenvalue weighted by Crippen LogP contribution is 2.35. The molecule has 1 fully saturated rings. The van der Waals surface area contributed by atoms with E-state index < -0.39 is 11.7 Å². The van der Waals surface area contributed by atoms with Crippen LogP contribution in [0, 0.1) is 0 Å². The van der Waals surface area contributed by atoms with Crippen LogP contribution < -0.4 is 4.74 Å². The monoisotopic (exact) mass is 503 g/mol. The van der Waals surface area contributed by atoms with Crippen LogP contribution in [0.3, 0.4) is 0 Å². The van der Waals surface area contributed by atoms with Crippen molar-refractivity contribution in [2.24, 2.45) is 0 Å². The zero-order chi connectivity index (χ0) is 25.2. The summed E-state index contributed by atoms with van der Waals surface area (Å²) < 4.78 is 5.47. The van der Waals surface area contributed by atoms with E-state index in [0.717, 1.165) is 10.4 Å². The lowest BCUT2D eigenvalue weighted by molar-refractivity contribution is -0.130. The minimum absolute atomic E-state index is 0.0789. The Morgan fingerprint density at radius 2 is 1.94 bits per heavy atom. The summed E-state index contributed by atoms with van der Waals surface area (Å²) in [5.41, 5.74) is 2.75. The van der Waals surface area contributed by atoms with Crippen LogP contribution in [0.5, 0.6) is 5.19 Å². The van der Waals surface area contributed by atoms with Crippen LogP contribution in [0.25, 0.3) is 21.5 Å². The summed E-state index contributed by atoms with van der Waals surface area (Å²) in [5, 5.41) is 0.564. The van der Waals surface area contributed by atoms with E-state index in [1.54, 1.807) is 29.4 Å². The van der Waals surface area contributed by atoms with Crippen molar-refractivity contribution in [2.75, 3.05) is 26.2 Å². The maximum absolute atomic E-state index is 13.3. The summed E-state index contributed by atoms with van der Waals surface area (Å²) in [4.78, 5) is 55.2. The molecule has 0 saturated carbocycles. The number of piperazine rings is 1. The van der Waals surface area contributed by atoms with E-state index >= 15 is 0 Å². The Kier molecular flexibility index (Phi) is 6.51. The molecular weight excluding hydrogens is 478 g/mol. The van der Waals surface area contributed by atoms with Gasteiger partial charge in [0.2, 0.25) is 0 Å². The fraction of sp³-hybridized carbons (Fsp3) is 0.269. The lowest BCUT2D eigenvalue weighted by Gasteiger charge is -2.39. The van der Waals surface area contributed by atoms with Crippen molar-refractivity contribution in [3.63, 3.8) is 0 Å². The largest absolute Gasteiger partial charge is 0.470 e. The van der Waals surface area contributed by atoms with Crippen LogP contribution in [0.1, 0.15) is 34.6 Å². The molecule has 1 aliphatic rings. The van der Waals surface area contributed by atoms with Crippen molar-refractivity contribution < 1.29 is 19.1 Å². The van der Waals surface area contributed by atoms with Crippen molar-refractivity contribution in [2.45, 2.75) is 19.9 Å². The van der Waals surface area contributed by atoms with Gasteiger partial charge in [-0.2, -0.15) is 0 Å². The third-order valence-corrected chi connectivity index (χ3v) is 7.16. The van der Waals surface area contributed by atoms with E-state index in [9.17, 15) is 14.4 Å². The molecule has 0 unspecified atom stereocenters. The summed E-state index contributed by atoms with van der Waals surface area (Å²) in [6.07, 6.45) is 4.87. The number of benzene rings is 1. The maximum Gasteiger partial charge on any atom is 0.295 e. The van der Waals surface area contributed by atoms with E-state index in [0.29, 0.717) is 41.5 Å². The molecule has 3 aromatic heterocycles. The average Bonchev–Trinajstić information content (AvgIpc) is 3.55. The number of nitrogens with one attached hydrogen (secondary N) is 1. The molecule has 2 amide bonds. The first kappa shape index (κ1) is 23.7. The zero-order valence-electron chi connectivity index (χ0n) is 19.9. The molecule has 1 N–H and O–H groups in total. The van der Waals surface area contributed by atoms with Crippen molar-refractivity contribution in [1.29, 1.82) is 0 Å². The standard InChI is InChI=1S/C26H25N5O4S/c1-3-35-26-29-14-20(36-26)18-9-10-27-22-19(13-28-21(18)22)23(32)25(34)31-12-11-30(15-16(31)2)24(33)17-7-5-4-6-8-17/h4-10,13-14,16,28H,3,11-12,15H2,1-2H3/t16-/m0/s1. The Morgan fingerprint density at radius 3 is 2.69 bits per heavy atom. The summed E-state index contributed by atoms with van der Waals surface area (Å²) in [5.74, 6) is -1.30. The second-order valence-corrected chi connectivity index (χ2v) is 9.49. The van der Waals surface area contributed by atoms with E-state index in [2.05, 4.69) is 15.0 Å². The van der Waals surface area contributed by atoms with Crippen molar-refractivity contribution >= 4 is 40.0 Å². The highest BCUT2D eigenvalue weighted by Gasteiger charge is 2.34. The number of carbonyl (C=O) groups is 3. The highest BCUT2D eigenvalue weighted by atomic mass is 32.1. The molecule has 36 heavy (non-hydrogen) atoms. The number of amides is 2. The van der Waals surface area contributed by atoms with Gasteiger partial charge >= 0.3 is 0 Å². The second-order valence-electron chi connectivity index (χ2n) is 8.50. The normalized spacial score (nSPS) is 15.8. The fourth-order valence-corrected chi connectivity index (χ4v) is 5.28. The topological polar surface area (TPSA) is 108 Å². The zero-order valence-corrected chi connectivity index (χ0v) is 20.7. The lowest BCUT2D eigenvalue weighted by atomic mass is 10.1. The Morgan fingerprint density at radius 1 is 1.14 bits per heavy atom. The number of ketones is 1. The number of pyridine rings is 1. The van der Waals surface area contributed by atoms with Crippen LogP contribution in [-0.2, 0) is 4.79 Å². The number of ether oxygens (including phenoxy) is 1. The lowest BCUT2D eigenvalue weighted by Crippen LogP contribution is -2.56. The molecule has 4 aromatic rings. The van der Waals surface area contributed by atoms with E-state index in [1.165, 1.54) is 22.4 Å². The number of carbonyl (C=O) groups excluding carboxylic acids is 3. The van der Waals surface area contributed by atoms with Crippen molar-refractivity contribution in [1.82, 2.24) is 24.8 Å². The quantitative estimate of drug-likeness (QED) is 0.318. The first-order valence-corrected chi connectivity index (χ1v) is 12.5. The molecular formula is C26H25N5O4S. The van der Waals surface area contributed by atoms with Gasteiger partial charge in [-0.05, 0) is 32.0 Å². The first-order chi connectivity index (χ1) is 17.5. The van der Waals surface area contributed by atoms with Crippen LogP contribution in [0.4, 0.5) is 0 Å². The number of hydrogen-bond acceptors (Lipinski definition) is 7. The molecule has 0 aliphatic carbocycles. The van der Waals surface area contributed by atoms with Gasteiger partial charge in [-0.1, -0.05) is 29.5 Å². The highest BCUT2D eigenvalue weighted by molar-refractivity contribution is 7.16. The number of thiazole rings is 1. The molecule has 1 aromatic carbocycles. The van der Waals surface area contributed by atoms with Gasteiger partial charge in [-0.3, -0.25) is 19.4 Å². The Labute approximate surface area is 211 Å². The molecule has 1 aliphatic heterocycles. The fourth-order valence-electron chi connectivity index (χ4n) is 4.43. The Hall–Kier alpha value is -4.05. The molecule has 5 rings (SSSR count). The molecule has 9 nitrogen and oxygen atoms in total. The number of nitrogens with zero attached hydrogens (tertiary/aromatic N) is 4. The van der Waals surface area contributed by atoms with Gasteiger partial charge in [0.25, 0.3) is 22.8 Å². The van der Waals surface area contributed by atoms with Gasteiger partial charge in [0.1, 0.15) is 0 Å². The third-order valence-electron chi connectivity index (χ3n) is 6.22. The molecule has 1 saturated heterocycles. The third kappa shape index (κ3) is 4.35. The van der Waals surface area contributed by atoms with E-state index in [4.69, 9.17) is 4.74 Å². The summed E-state index contributed by atoms with van der Waals surface area (Å²) in [6.45, 7) is 5.27. The van der Waals surface area contributed by atoms with Gasteiger partial charge < -0.3 is 19.5 Å². The van der Waals surface area contributed by atoms with Gasteiger partial charge in [0.05, 0.1) is 28.1 Å². The molecule has 184 valence electrons. The van der Waals surface area contributed by atoms with Crippen molar-refractivity contribution in [3.8, 4) is 15.6 Å². The number of hydrogen-bond donors (Lipinski definition) is 1. The first-order valence-electron chi connectivity index (χ1n) is 11.7. The predicted octanol–water partition coefficient (Wildman–Crippen LogP) is 3.64. The van der Waals surface area contributed by atoms with Gasteiger partial charge in [-0.15, -0.1) is 0 Å². The number of aromatic nitrogens is 3. The van der Waals surface area contributed by atoms with Crippen LogP contribution in [0.15, 0.2) is 55.0 Å². The van der Waals surface area contributed by atoms with Crippen LogP contribution >= 0.6 is 11.3 Å². The van der Waals surface area contributed by atoms with Gasteiger partial charge in [0, 0.05) is 55.4 Å². The predicted molar refractivity (Wildman–Crippen MR) is 136 cm³/mol. The van der Waals surface area contributed by atoms with Crippen LogP contribution in [-0.4, -0.2) is 74.6 Å². The molecule has 0 spiro atoms. The number of fused-ring (bicyclic) bond motifs is 1. The molecule has 0 radical (unpaired) electrons. The van der Waals surface area contributed by atoms with Crippen molar-refractivity contribution in [3.05, 3.63) is 66.1 Å². The smallest absolute Gasteiger partial charge is 0.295 e. The van der Waals surface area contributed by atoms with Gasteiger partial charge in [-0.25, -0.2) is 4.98 Å². The van der Waals surface area contributed by atoms with Gasteiger partial charge in [0.15, 0.2) is 0 Å². The molecule has 10 heteroatoms. The SMILES string of the molecule is CCOc1ncc(-c2ccnc3c(C(=O)C(=O)N4CCN(C(=O)c5ccccc5)C[C@@H]4C)c[nH]c23)s1. The molecule has 1 atom stereocenters. The molecule has 0 bridgehead atoms. The van der Waals surface area contributed by atoms with Crippen LogP contribution in [0.2, 0.25) is 0 Å². The minimum Gasteiger partial charge on any atom is -0.470 e. The number of H-pyrrole nitrogens is 1. The number of Topliss-reactive ketones (excluding diaryl/α,β-unsaturated/α-hetero) is 1. The number of rotatable bonds is 6. The Balaban J connectivity index is 1.34. The average molecular weight is 504 g/mol. The van der Waals surface area contributed by atoms with E-state index in [1.807, 2.05) is 38.1 Å². The second kappa shape index (κ2) is 9.90.